The molecule has 16 heavy (non-hydrogen) atoms. The van der Waals surface area contributed by atoms with Gasteiger partial charge in [0.25, 0.3) is 0 Å². The van der Waals surface area contributed by atoms with Gasteiger partial charge in [0, 0.05) is 12.3 Å². The van der Waals surface area contributed by atoms with E-state index >= 15 is 0 Å². The number of aromatic nitrogens is 1. The Kier molecular flexibility index (Phi) is 3.36. The lowest BCUT2D eigenvalue weighted by Crippen LogP contribution is -2.38. The standard InChI is InChI=1S/C11H13NO4/c1-2-15-11(13)8-3-4-10(12-5-8)16-9-6-14-7-9/h3-5,9H,2,6-7H2,1H3. The highest BCUT2D eigenvalue weighted by Crippen LogP contribution is 2.13. The number of carbonyl (C=O) groups excluding carboxylic acids is 1. The van der Waals surface area contributed by atoms with Crippen molar-refractivity contribution in [2.45, 2.75) is 13.0 Å². The summed E-state index contributed by atoms with van der Waals surface area (Å²) in [6.45, 7) is 3.32. The first-order valence-corrected chi connectivity index (χ1v) is 5.17. The van der Waals surface area contributed by atoms with Crippen molar-refractivity contribution in [3.05, 3.63) is 23.9 Å². The second-order valence-corrected chi connectivity index (χ2v) is 3.38. The Morgan fingerprint density at radius 3 is 2.88 bits per heavy atom. The summed E-state index contributed by atoms with van der Waals surface area (Å²) in [6, 6.07) is 3.30. The van der Waals surface area contributed by atoms with Crippen molar-refractivity contribution in [1.82, 2.24) is 4.98 Å². The SMILES string of the molecule is CCOC(=O)c1ccc(OC2COC2)nc1. The van der Waals surface area contributed by atoms with E-state index in [9.17, 15) is 4.79 Å². The molecule has 1 aromatic rings. The molecule has 5 nitrogen and oxygen atoms in total. The molecule has 0 N–H and O–H groups in total. The molecule has 0 amide bonds. The third-order valence-corrected chi connectivity index (χ3v) is 2.14. The normalized spacial score (nSPS) is 15.3. The van der Waals surface area contributed by atoms with Gasteiger partial charge in [0.1, 0.15) is 6.10 Å². The summed E-state index contributed by atoms with van der Waals surface area (Å²) in [5, 5.41) is 0. The van der Waals surface area contributed by atoms with Crippen LogP contribution in [0.2, 0.25) is 0 Å². The average molecular weight is 223 g/mol. The summed E-state index contributed by atoms with van der Waals surface area (Å²) in [7, 11) is 0. The van der Waals surface area contributed by atoms with Crippen LogP contribution in [-0.2, 0) is 9.47 Å². The van der Waals surface area contributed by atoms with Gasteiger partial charge in [0.15, 0.2) is 0 Å². The molecule has 86 valence electrons. The van der Waals surface area contributed by atoms with Crippen LogP contribution in [0.15, 0.2) is 18.3 Å². The molecule has 1 saturated heterocycles. The third-order valence-electron chi connectivity index (χ3n) is 2.14. The van der Waals surface area contributed by atoms with E-state index in [1.54, 1.807) is 19.1 Å². The largest absolute Gasteiger partial charge is 0.469 e. The molecule has 0 unspecified atom stereocenters. The number of hydrogen-bond acceptors (Lipinski definition) is 5. The van der Waals surface area contributed by atoms with Crippen LogP contribution >= 0.6 is 0 Å². The molecule has 0 aromatic carbocycles. The Balaban J connectivity index is 1.95. The smallest absolute Gasteiger partial charge is 0.339 e. The van der Waals surface area contributed by atoms with Gasteiger partial charge in [-0.2, -0.15) is 0 Å². The lowest BCUT2D eigenvalue weighted by molar-refractivity contribution is -0.0813. The Hall–Kier alpha value is -1.62. The lowest BCUT2D eigenvalue weighted by Gasteiger charge is -2.25. The van der Waals surface area contributed by atoms with Crippen LogP contribution < -0.4 is 4.74 Å². The summed E-state index contributed by atoms with van der Waals surface area (Å²) in [6.07, 6.45) is 1.54. The van der Waals surface area contributed by atoms with Crippen molar-refractivity contribution in [3.8, 4) is 5.88 Å². The summed E-state index contributed by atoms with van der Waals surface area (Å²) < 4.78 is 15.3. The van der Waals surface area contributed by atoms with Gasteiger partial charge in [0.2, 0.25) is 5.88 Å². The number of nitrogens with zero attached hydrogens (tertiary/aromatic N) is 1. The average Bonchev–Trinajstić information content (AvgIpc) is 2.25. The zero-order valence-corrected chi connectivity index (χ0v) is 9.01. The van der Waals surface area contributed by atoms with Gasteiger partial charge in [-0.05, 0) is 13.0 Å². The second kappa shape index (κ2) is 4.94. The maximum atomic E-state index is 11.3. The number of pyridine rings is 1. The molecule has 1 aliphatic rings. The quantitative estimate of drug-likeness (QED) is 0.714. The van der Waals surface area contributed by atoms with Crippen LogP contribution in [0.4, 0.5) is 0 Å². The number of hydrogen-bond donors (Lipinski definition) is 0. The van der Waals surface area contributed by atoms with Crippen molar-refractivity contribution in [2.75, 3.05) is 19.8 Å². The van der Waals surface area contributed by atoms with Crippen LogP contribution in [0.5, 0.6) is 5.88 Å². The molecule has 2 heterocycles. The van der Waals surface area contributed by atoms with E-state index in [1.165, 1.54) is 6.20 Å². The molecule has 0 radical (unpaired) electrons. The lowest BCUT2D eigenvalue weighted by atomic mass is 10.3. The minimum atomic E-state index is -0.367. The minimum absolute atomic E-state index is 0.0842. The number of ether oxygens (including phenoxy) is 3. The van der Waals surface area contributed by atoms with Crippen LogP contribution in [0, 0.1) is 0 Å². The topological polar surface area (TPSA) is 57.7 Å². The van der Waals surface area contributed by atoms with Crippen molar-refractivity contribution in [2.24, 2.45) is 0 Å². The van der Waals surface area contributed by atoms with Gasteiger partial charge in [0.05, 0.1) is 25.4 Å². The summed E-state index contributed by atoms with van der Waals surface area (Å²) >= 11 is 0. The van der Waals surface area contributed by atoms with Crippen LogP contribution in [-0.4, -0.2) is 36.9 Å². The van der Waals surface area contributed by atoms with Gasteiger partial charge in [-0.15, -0.1) is 0 Å². The van der Waals surface area contributed by atoms with E-state index in [0.29, 0.717) is 31.3 Å². The predicted octanol–water partition coefficient (Wildman–Crippen LogP) is 1.04. The summed E-state index contributed by atoms with van der Waals surface area (Å²) in [5.74, 6) is 0.134. The number of carbonyl (C=O) groups is 1. The highest BCUT2D eigenvalue weighted by atomic mass is 16.6. The van der Waals surface area contributed by atoms with E-state index in [4.69, 9.17) is 14.2 Å². The molecule has 0 spiro atoms. The fourth-order valence-electron chi connectivity index (χ4n) is 1.24. The van der Waals surface area contributed by atoms with Crippen molar-refractivity contribution >= 4 is 5.97 Å². The molecule has 1 fully saturated rings. The predicted molar refractivity (Wildman–Crippen MR) is 55.4 cm³/mol. The van der Waals surface area contributed by atoms with Crippen LogP contribution in [0.3, 0.4) is 0 Å². The van der Waals surface area contributed by atoms with Crippen LogP contribution in [0.25, 0.3) is 0 Å². The van der Waals surface area contributed by atoms with Gasteiger partial charge in [-0.1, -0.05) is 0 Å². The molecular formula is C11H13NO4. The van der Waals surface area contributed by atoms with Gasteiger partial charge in [-0.25, -0.2) is 9.78 Å². The van der Waals surface area contributed by atoms with E-state index in [1.807, 2.05) is 0 Å². The first-order valence-electron chi connectivity index (χ1n) is 5.17. The fraction of sp³-hybridized carbons (Fsp3) is 0.455. The first-order chi connectivity index (χ1) is 7.79. The van der Waals surface area contributed by atoms with Gasteiger partial charge < -0.3 is 14.2 Å². The van der Waals surface area contributed by atoms with E-state index in [-0.39, 0.29) is 12.1 Å². The Bertz CT molecular complexity index is 359. The zero-order valence-electron chi connectivity index (χ0n) is 9.01. The van der Waals surface area contributed by atoms with Crippen molar-refractivity contribution in [1.29, 1.82) is 0 Å². The molecule has 0 saturated carbocycles. The molecule has 1 aliphatic heterocycles. The van der Waals surface area contributed by atoms with E-state index in [2.05, 4.69) is 4.98 Å². The maximum Gasteiger partial charge on any atom is 0.339 e. The van der Waals surface area contributed by atoms with Gasteiger partial charge in [-0.3, -0.25) is 0 Å². The van der Waals surface area contributed by atoms with E-state index in [0.717, 1.165) is 0 Å². The van der Waals surface area contributed by atoms with Gasteiger partial charge >= 0.3 is 5.97 Å². The fourth-order valence-corrected chi connectivity index (χ4v) is 1.24. The second-order valence-electron chi connectivity index (χ2n) is 3.38. The Labute approximate surface area is 93.3 Å². The zero-order chi connectivity index (χ0) is 11.4. The van der Waals surface area contributed by atoms with Crippen LogP contribution in [0.1, 0.15) is 17.3 Å². The molecular weight excluding hydrogens is 210 g/mol. The molecule has 1 aromatic heterocycles. The molecule has 0 atom stereocenters. The molecule has 2 rings (SSSR count). The molecule has 5 heteroatoms. The molecule has 0 aliphatic carbocycles. The number of esters is 1. The van der Waals surface area contributed by atoms with E-state index < -0.39 is 0 Å². The Morgan fingerprint density at radius 1 is 1.56 bits per heavy atom. The third kappa shape index (κ3) is 2.49. The maximum absolute atomic E-state index is 11.3. The summed E-state index contributed by atoms with van der Waals surface area (Å²) in [4.78, 5) is 15.3. The number of rotatable bonds is 4. The highest BCUT2D eigenvalue weighted by Gasteiger charge is 2.20. The van der Waals surface area contributed by atoms with Crippen molar-refractivity contribution < 1.29 is 19.0 Å². The summed E-state index contributed by atoms with van der Waals surface area (Å²) in [5.41, 5.74) is 0.430. The van der Waals surface area contributed by atoms with Crippen molar-refractivity contribution in [3.63, 3.8) is 0 Å². The highest BCUT2D eigenvalue weighted by molar-refractivity contribution is 5.89. The molecule has 0 bridgehead atoms. The minimum Gasteiger partial charge on any atom is -0.469 e. The first kappa shape index (κ1) is 10.9. The Morgan fingerprint density at radius 2 is 2.38 bits per heavy atom. The monoisotopic (exact) mass is 223 g/mol.